The van der Waals surface area contributed by atoms with Gasteiger partial charge in [0.1, 0.15) is 0 Å². The van der Waals surface area contributed by atoms with Crippen molar-refractivity contribution in [2.45, 2.75) is 65.3 Å². The number of hydrogen-bond donors (Lipinski definition) is 1. The lowest BCUT2D eigenvalue weighted by atomic mass is 9.44. The van der Waals surface area contributed by atoms with Crippen LogP contribution in [0.3, 0.4) is 0 Å². The first kappa shape index (κ1) is 11.6. The Balaban J connectivity index is 1.60. The molecule has 1 atom stereocenters. The number of nitrogens with one attached hydrogen (secondary N) is 1. The molecule has 4 fully saturated rings. The molecule has 2 nitrogen and oxygen atoms in total. The monoisotopic (exact) mass is 235 g/mol. The Morgan fingerprint density at radius 1 is 1.29 bits per heavy atom. The van der Waals surface area contributed by atoms with Crippen molar-refractivity contribution in [2.24, 2.45) is 22.7 Å². The Bertz CT molecular complexity index is 320. The SMILES string of the molecule is CC(C)(C)C(CC1CC1)NC(=O)C12CC(C1)C2. The van der Waals surface area contributed by atoms with Crippen LogP contribution in [0.15, 0.2) is 0 Å². The van der Waals surface area contributed by atoms with Gasteiger partial charge in [0.15, 0.2) is 0 Å². The Morgan fingerprint density at radius 3 is 2.24 bits per heavy atom. The van der Waals surface area contributed by atoms with E-state index in [1.807, 2.05) is 0 Å². The number of carbonyl (C=O) groups is 1. The van der Waals surface area contributed by atoms with Gasteiger partial charge in [0.05, 0.1) is 0 Å². The first-order valence-corrected chi connectivity index (χ1v) is 7.20. The number of rotatable bonds is 4. The highest BCUT2D eigenvalue weighted by Gasteiger charge is 2.61. The molecule has 0 aromatic carbocycles. The molecule has 17 heavy (non-hydrogen) atoms. The van der Waals surface area contributed by atoms with Gasteiger partial charge >= 0.3 is 0 Å². The van der Waals surface area contributed by atoms with Crippen LogP contribution in [0.25, 0.3) is 0 Å². The van der Waals surface area contributed by atoms with Crippen molar-refractivity contribution in [3.63, 3.8) is 0 Å². The third kappa shape index (κ3) is 2.00. The van der Waals surface area contributed by atoms with Crippen LogP contribution in [0.5, 0.6) is 0 Å². The van der Waals surface area contributed by atoms with Crippen LogP contribution in [-0.4, -0.2) is 11.9 Å². The Labute approximate surface area is 105 Å². The van der Waals surface area contributed by atoms with Gasteiger partial charge in [-0.15, -0.1) is 0 Å². The van der Waals surface area contributed by atoms with Crippen molar-refractivity contribution < 1.29 is 4.79 Å². The molecule has 4 aliphatic rings. The predicted octanol–water partition coefficient (Wildman–Crippen LogP) is 3.12. The second-order valence-electron chi connectivity index (χ2n) is 7.83. The molecular weight excluding hydrogens is 210 g/mol. The van der Waals surface area contributed by atoms with Gasteiger partial charge in [-0.2, -0.15) is 0 Å². The summed E-state index contributed by atoms with van der Waals surface area (Å²) < 4.78 is 0. The summed E-state index contributed by atoms with van der Waals surface area (Å²) in [5.41, 5.74) is 0.277. The minimum atomic E-state index is 0.0811. The molecular formula is C15H25NO. The molecule has 1 N–H and O–H groups in total. The van der Waals surface area contributed by atoms with Gasteiger partial charge in [0, 0.05) is 11.5 Å². The van der Waals surface area contributed by atoms with Gasteiger partial charge in [0.2, 0.25) is 5.91 Å². The van der Waals surface area contributed by atoms with E-state index in [0.717, 1.165) is 11.8 Å². The standard InChI is InChI=1S/C15H25NO/c1-14(2,3)12(6-10-4-5-10)16-13(17)15-7-11(8-15)9-15/h10-12H,4-9H2,1-3H3,(H,16,17). The molecule has 2 bridgehead atoms. The molecule has 4 saturated carbocycles. The topological polar surface area (TPSA) is 29.1 Å². The third-order valence-corrected chi connectivity index (χ3v) is 5.14. The number of hydrogen-bond acceptors (Lipinski definition) is 1. The van der Waals surface area contributed by atoms with E-state index in [1.54, 1.807) is 0 Å². The molecule has 4 rings (SSSR count). The fraction of sp³-hybridized carbons (Fsp3) is 0.933. The summed E-state index contributed by atoms with van der Waals surface area (Å²) in [5.74, 6) is 2.13. The van der Waals surface area contributed by atoms with E-state index < -0.39 is 0 Å². The zero-order chi connectivity index (χ0) is 12.3. The van der Waals surface area contributed by atoms with Crippen LogP contribution in [0.2, 0.25) is 0 Å². The highest BCUT2D eigenvalue weighted by molar-refractivity contribution is 5.86. The molecule has 0 aliphatic heterocycles. The summed E-state index contributed by atoms with van der Waals surface area (Å²) >= 11 is 0. The predicted molar refractivity (Wildman–Crippen MR) is 68.5 cm³/mol. The molecule has 4 aliphatic carbocycles. The van der Waals surface area contributed by atoms with Crippen LogP contribution >= 0.6 is 0 Å². The lowest BCUT2D eigenvalue weighted by Gasteiger charge is -2.60. The van der Waals surface area contributed by atoms with Crippen molar-refractivity contribution in [3.8, 4) is 0 Å². The highest BCUT2D eigenvalue weighted by Crippen LogP contribution is 2.64. The fourth-order valence-electron chi connectivity index (χ4n) is 3.38. The van der Waals surface area contributed by atoms with Crippen LogP contribution < -0.4 is 5.32 Å². The summed E-state index contributed by atoms with van der Waals surface area (Å²) in [7, 11) is 0. The van der Waals surface area contributed by atoms with E-state index in [2.05, 4.69) is 26.1 Å². The quantitative estimate of drug-likeness (QED) is 0.797. The van der Waals surface area contributed by atoms with Gasteiger partial charge in [-0.3, -0.25) is 4.79 Å². The number of amides is 1. The molecule has 0 spiro atoms. The summed E-state index contributed by atoms with van der Waals surface area (Å²) in [5, 5.41) is 3.37. The molecule has 0 aromatic heterocycles. The van der Waals surface area contributed by atoms with E-state index in [0.29, 0.717) is 11.9 Å². The van der Waals surface area contributed by atoms with E-state index in [1.165, 1.54) is 38.5 Å². The largest absolute Gasteiger partial charge is 0.352 e. The average molecular weight is 235 g/mol. The van der Waals surface area contributed by atoms with Gasteiger partial charge in [0.25, 0.3) is 0 Å². The van der Waals surface area contributed by atoms with Crippen LogP contribution in [-0.2, 0) is 4.79 Å². The third-order valence-electron chi connectivity index (χ3n) is 5.14. The van der Waals surface area contributed by atoms with Crippen molar-refractivity contribution in [3.05, 3.63) is 0 Å². The molecule has 96 valence electrons. The molecule has 0 aromatic rings. The lowest BCUT2D eigenvalue weighted by molar-refractivity contribution is -0.166. The summed E-state index contributed by atoms with van der Waals surface area (Å²) in [6.07, 6.45) is 7.43. The molecule has 0 heterocycles. The Kier molecular flexibility index (Phi) is 2.37. The average Bonchev–Trinajstić information content (AvgIpc) is 2.78. The smallest absolute Gasteiger partial charge is 0.226 e. The van der Waals surface area contributed by atoms with Crippen LogP contribution in [0.4, 0.5) is 0 Å². The van der Waals surface area contributed by atoms with Gasteiger partial charge in [-0.1, -0.05) is 33.6 Å². The summed E-state index contributed by atoms with van der Waals surface area (Å²) in [6, 6.07) is 0.372. The van der Waals surface area contributed by atoms with Crippen molar-refractivity contribution in [1.29, 1.82) is 0 Å². The maximum absolute atomic E-state index is 12.3. The van der Waals surface area contributed by atoms with Crippen molar-refractivity contribution in [2.75, 3.05) is 0 Å². The zero-order valence-corrected chi connectivity index (χ0v) is 11.4. The van der Waals surface area contributed by atoms with Crippen molar-refractivity contribution >= 4 is 5.91 Å². The van der Waals surface area contributed by atoms with Crippen molar-refractivity contribution in [1.82, 2.24) is 5.32 Å². The summed E-state index contributed by atoms with van der Waals surface area (Å²) in [4.78, 5) is 12.3. The van der Waals surface area contributed by atoms with Gasteiger partial charge in [-0.25, -0.2) is 0 Å². The second-order valence-corrected chi connectivity index (χ2v) is 7.83. The van der Waals surface area contributed by atoms with Gasteiger partial charge in [-0.05, 0) is 42.9 Å². The maximum Gasteiger partial charge on any atom is 0.226 e. The summed E-state index contributed by atoms with van der Waals surface area (Å²) in [6.45, 7) is 6.76. The first-order valence-electron chi connectivity index (χ1n) is 7.20. The van der Waals surface area contributed by atoms with Crippen LogP contribution in [0.1, 0.15) is 59.3 Å². The molecule has 1 unspecified atom stereocenters. The minimum absolute atomic E-state index is 0.0811. The van der Waals surface area contributed by atoms with E-state index in [4.69, 9.17) is 0 Å². The van der Waals surface area contributed by atoms with E-state index in [9.17, 15) is 4.79 Å². The maximum atomic E-state index is 12.3. The molecule has 1 amide bonds. The Morgan fingerprint density at radius 2 is 1.88 bits per heavy atom. The number of carbonyl (C=O) groups excluding carboxylic acids is 1. The molecule has 0 saturated heterocycles. The normalized spacial score (nSPS) is 36.8. The van der Waals surface area contributed by atoms with E-state index in [-0.39, 0.29) is 10.8 Å². The fourth-order valence-corrected chi connectivity index (χ4v) is 3.38. The lowest BCUT2D eigenvalue weighted by Crippen LogP contribution is -2.62. The van der Waals surface area contributed by atoms with Crippen LogP contribution in [0, 0.1) is 22.7 Å². The second kappa shape index (κ2) is 3.49. The van der Waals surface area contributed by atoms with Gasteiger partial charge < -0.3 is 5.32 Å². The Hall–Kier alpha value is -0.530. The minimum Gasteiger partial charge on any atom is -0.352 e. The zero-order valence-electron chi connectivity index (χ0n) is 11.4. The molecule has 2 heteroatoms. The first-order chi connectivity index (χ1) is 7.89. The van der Waals surface area contributed by atoms with E-state index >= 15 is 0 Å². The highest BCUT2D eigenvalue weighted by atomic mass is 16.2. The molecule has 0 radical (unpaired) electrons.